The number of nitrogens with zero attached hydrogens (tertiary/aromatic N) is 1. The van der Waals surface area contributed by atoms with Crippen LogP contribution in [-0.4, -0.2) is 23.9 Å². The average molecular weight is 304 g/mol. The summed E-state index contributed by atoms with van der Waals surface area (Å²) >= 11 is 6.16. The van der Waals surface area contributed by atoms with E-state index in [1.165, 1.54) is 5.57 Å². The zero-order valence-electron chi connectivity index (χ0n) is 12.4. The number of likely N-dealkylation sites (tertiary alicyclic amines) is 1. The van der Waals surface area contributed by atoms with Crippen LogP contribution >= 0.6 is 11.6 Å². The Morgan fingerprint density at radius 3 is 2.48 bits per heavy atom. The Labute approximate surface area is 131 Å². The van der Waals surface area contributed by atoms with E-state index >= 15 is 0 Å². The van der Waals surface area contributed by atoms with Crippen LogP contribution in [0.2, 0.25) is 5.02 Å². The van der Waals surface area contributed by atoms with E-state index in [9.17, 15) is 4.79 Å². The molecule has 0 N–H and O–H groups in total. The van der Waals surface area contributed by atoms with E-state index in [0.717, 1.165) is 62.2 Å². The molecule has 112 valence electrons. The van der Waals surface area contributed by atoms with E-state index in [4.69, 9.17) is 11.6 Å². The van der Waals surface area contributed by atoms with Gasteiger partial charge in [-0.1, -0.05) is 48.7 Å². The standard InChI is InChI=1S/C18H22ClNO/c1-14-7-11-20(12-8-14)17(21)18(9-2-3-10-18)15-5-4-6-16(19)13-15/h4-6,13H,1-3,7-12H2. The second kappa shape index (κ2) is 5.84. The lowest BCUT2D eigenvalue weighted by Crippen LogP contribution is -2.47. The summed E-state index contributed by atoms with van der Waals surface area (Å²) in [6.45, 7) is 5.68. The fourth-order valence-electron chi connectivity index (χ4n) is 3.72. The van der Waals surface area contributed by atoms with E-state index in [1.807, 2.05) is 23.1 Å². The van der Waals surface area contributed by atoms with Crippen molar-refractivity contribution in [2.75, 3.05) is 13.1 Å². The second-order valence-electron chi connectivity index (χ2n) is 6.34. The van der Waals surface area contributed by atoms with Crippen LogP contribution in [0.1, 0.15) is 44.1 Å². The van der Waals surface area contributed by atoms with Crippen molar-refractivity contribution in [1.82, 2.24) is 4.90 Å². The van der Waals surface area contributed by atoms with Crippen LogP contribution in [0.15, 0.2) is 36.4 Å². The number of carbonyl (C=O) groups excluding carboxylic acids is 1. The second-order valence-corrected chi connectivity index (χ2v) is 6.78. The third kappa shape index (κ3) is 2.74. The summed E-state index contributed by atoms with van der Waals surface area (Å²) in [5, 5.41) is 0.721. The van der Waals surface area contributed by atoms with Crippen molar-refractivity contribution in [2.24, 2.45) is 0 Å². The molecule has 1 aromatic rings. The smallest absolute Gasteiger partial charge is 0.233 e. The molecule has 3 heteroatoms. The van der Waals surface area contributed by atoms with Gasteiger partial charge in [0.1, 0.15) is 0 Å². The number of hydrogen-bond donors (Lipinski definition) is 0. The number of hydrogen-bond acceptors (Lipinski definition) is 1. The third-order valence-electron chi connectivity index (χ3n) is 5.00. The first-order chi connectivity index (χ1) is 10.1. The molecule has 1 saturated heterocycles. The van der Waals surface area contributed by atoms with Crippen LogP contribution in [0.4, 0.5) is 0 Å². The van der Waals surface area contributed by atoms with Gasteiger partial charge in [-0.25, -0.2) is 0 Å². The summed E-state index contributed by atoms with van der Waals surface area (Å²) < 4.78 is 0. The summed E-state index contributed by atoms with van der Waals surface area (Å²) in [4.78, 5) is 15.2. The van der Waals surface area contributed by atoms with Crippen molar-refractivity contribution >= 4 is 17.5 Å². The van der Waals surface area contributed by atoms with Crippen molar-refractivity contribution in [3.63, 3.8) is 0 Å². The third-order valence-corrected chi connectivity index (χ3v) is 5.24. The maximum absolute atomic E-state index is 13.2. The minimum atomic E-state index is -0.344. The van der Waals surface area contributed by atoms with Gasteiger partial charge in [-0.3, -0.25) is 4.79 Å². The lowest BCUT2D eigenvalue weighted by molar-refractivity contribution is -0.137. The van der Waals surface area contributed by atoms with Crippen LogP contribution < -0.4 is 0 Å². The highest BCUT2D eigenvalue weighted by Gasteiger charge is 2.45. The fourth-order valence-corrected chi connectivity index (χ4v) is 3.91. The highest BCUT2D eigenvalue weighted by Crippen LogP contribution is 2.43. The quantitative estimate of drug-likeness (QED) is 0.745. The lowest BCUT2D eigenvalue weighted by atomic mass is 9.77. The first-order valence-corrected chi connectivity index (χ1v) is 8.22. The van der Waals surface area contributed by atoms with E-state index in [2.05, 4.69) is 12.6 Å². The first-order valence-electron chi connectivity index (χ1n) is 7.84. The Balaban J connectivity index is 1.90. The van der Waals surface area contributed by atoms with Crippen molar-refractivity contribution in [1.29, 1.82) is 0 Å². The van der Waals surface area contributed by atoms with Gasteiger partial charge in [-0.2, -0.15) is 0 Å². The Morgan fingerprint density at radius 2 is 1.86 bits per heavy atom. The topological polar surface area (TPSA) is 20.3 Å². The van der Waals surface area contributed by atoms with E-state index in [0.29, 0.717) is 5.91 Å². The average Bonchev–Trinajstić information content (AvgIpc) is 2.98. The minimum absolute atomic E-state index is 0.301. The van der Waals surface area contributed by atoms with Crippen LogP contribution in [-0.2, 0) is 10.2 Å². The maximum atomic E-state index is 13.2. The van der Waals surface area contributed by atoms with Gasteiger partial charge in [-0.05, 0) is 43.4 Å². The molecule has 0 radical (unpaired) electrons. The SMILES string of the molecule is C=C1CCN(C(=O)C2(c3cccc(Cl)c3)CCCC2)CC1. The summed E-state index contributed by atoms with van der Waals surface area (Å²) in [7, 11) is 0. The Kier molecular flexibility index (Phi) is 4.08. The Morgan fingerprint density at radius 1 is 1.19 bits per heavy atom. The highest BCUT2D eigenvalue weighted by atomic mass is 35.5. The molecule has 3 rings (SSSR count). The van der Waals surface area contributed by atoms with Gasteiger partial charge in [0.05, 0.1) is 5.41 Å². The van der Waals surface area contributed by atoms with Crippen molar-refractivity contribution in [2.45, 2.75) is 43.9 Å². The molecule has 2 fully saturated rings. The van der Waals surface area contributed by atoms with Gasteiger partial charge in [0.2, 0.25) is 5.91 Å². The summed E-state index contributed by atoms with van der Waals surface area (Å²) in [5.74, 6) is 0.301. The molecule has 1 aliphatic carbocycles. The predicted molar refractivity (Wildman–Crippen MR) is 86.6 cm³/mol. The molecule has 2 aliphatic rings. The van der Waals surface area contributed by atoms with Crippen LogP contribution in [0, 0.1) is 0 Å². The van der Waals surface area contributed by atoms with Crippen molar-refractivity contribution in [3.8, 4) is 0 Å². The van der Waals surface area contributed by atoms with E-state index < -0.39 is 0 Å². The Hall–Kier alpha value is -1.28. The van der Waals surface area contributed by atoms with Crippen molar-refractivity contribution in [3.05, 3.63) is 47.0 Å². The number of amides is 1. The molecular formula is C18H22ClNO. The van der Waals surface area contributed by atoms with Crippen LogP contribution in [0.3, 0.4) is 0 Å². The first kappa shape index (κ1) is 14.6. The molecule has 1 heterocycles. The normalized spacial score (nSPS) is 21.6. The van der Waals surface area contributed by atoms with Gasteiger partial charge >= 0.3 is 0 Å². The molecule has 0 aromatic heterocycles. The molecule has 0 bridgehead atoms. The van der Waals surface area contributed by atoms with Gasteiger partial charge in [0.15, 0.2) is 0 Å². The number of halogens is 1. The maximum Gasteiger partial charge on any atom is 0.233 e. The van der Waals surface area contributed by atoms with Crippen LogP contribution in [0.25, 0.3) is 0 Å². The molecule has 21 heavy (non-hydrogen) atoms. The molecule has 2 nitrogen and oxygen atoms in total. The zero-order chi connectivity index (χ0) is 14.9. The summed E-state index contributed by atoms with van der Waals surface area (Å²) in [6, 6.07) is 7.89. The molecule has 1 saturated carbocycles. The number of carbonyl (C=O) groups is 1. The Bertz CT molecular complexity index is 550. The molecule has 0 spiro atoms. The molecule has 0 atom stereocenters. The number of piperidine rings is 1. The van der Waals surface area contributed by atoms with Gasteiger partial charge in [0, 0.05) is 18.1 Å². The van der Waals surface area contributed by atoms with E-state index in [1.54, 1.807) is 0 Å². The van der Waals surface area contributed by atoms with E-state index in [-0.39, 0.29) is 5.41 Å². The van der Waals surface area contributed by atoms with Crippen molar-refractivity contribution < 1.29 is 4.79 Å². The predicted octanol–water partition coefficient (Wildman–Crippen LogP) is 4.33. The van der Waals surface area contributed by atoms with Gasteiger partial charge in [-0.15, -0.1) is 0 Å². The summed E-state index contributed by atoms with van der Waals surface area (Å²) in [5.41, 5.74) is 2.02. The van der Waals surface area contributed by atoms with Gasteiger partial charge < -0.3 is 4.90 Å². The molecule has 1 aromatic carbocycles. The molecule has 1 aliphatic heterocycles. The molecule has 1 amide bonds. The van der Waals surface area contributed by atoms with Crippen LogP contribution in [0.5, 0.6) is 0 Å². The fraction of sp³-hybridized carbons (Fsp3) is 0.500. The summed E-state index contributed by atoms with van der Waals surface area (Å²) in [6.07, 6.45) is 6.03. The highest BCUT2D eigenvalue weighted by molar-refractivity contribution is 6.30. The minimum Gasteiger partial charge on any atom is -0.341 e. The largest absolute Gasteiger partial charge is 0.341 e. The lowest BCUT2D eigenvalue weighted by Gasteiger charge is -2.37. The monoisotopic (exact) mass is 303 g/mol. The molecule has 0 unspecified atom stereocenters. The zero-order valence-corrected chi connectivity index (χ0v) is 13.2. The van der Waals surface area contributed by atoms with Gasteiger partial charge in [0.25, 0.3) is 0 Å². The number of rotatable bonds is 2. The molecular weight excluding hydrogens is 282 g/mol. The number of benzene rings is 1.